The lowest BCUT2D eigenvalue weighted by Gasteiger charge is -2.46. The summed E-state index contributed by atoms with van der Waals surface area (Å²) in [7, 11) is 2.97. The molecule has 1 amide bonds. The zero-order valence-electron chi connectivity index (χ0n) is 23.1. The quantitative estimate of drug-likeness (QED) is 0.173. The van der Waals surface area contributed by atoms with Crippen LogP contribution >= 0.6 is 24.0 Å². The summed E-state index contributed by atoms with van der Waals surface area (Å²) in [5, 5.41) is 0. The number of rotatable bonds is 9. The van der Waals surface area contributed by atoms with Gasteiger partial charge in [0, 0.05) is 39.3 Å². The van der Waals surface area contributed by atoms with Gasteiger partial charge in [0.05, 0.1) is 19.1 Å². The predicted octanol–water partition coefficient (Wildman–Crippen LogP) is 1.99. The van der Waals surface area contributed by atoms with Gasteiger partial charge in [0.25, 0.3) is 5.91 Å². The van der Waals surface area contributed by atoms with Crippen LogP contribution in [0, 0.1) is 0 Å². The number of methoxy groups -OCH3 is 2. The van der Waals surface area contributed by atoms with Gasteiger partial charge in [-0.1, -0.05) is 24.0 Å². The van der Waals surface area contributed by atoms with Crippen LogP contribution < -0.4 is 9.47 Å². The van der Waals surface area contributed by atoms with Crippen molar-refractivity contribution in [2.45, 2.75) is 58.3 Å². The maximum absolute atomic E-state index is 13.7. The number of thiocarbonyl (C=S) groups is 1. The standard InChI is InChI=1S/C26H29NO12S2/c1-12(28)35-11-19-21(36-13(2)29)22(37-14(3)30)23(38-15(4)31)25(39-19)27-24(32)20(41-26(27)40)9-16-7-8-17(33-5)10-18(16)34-6/h7-10,19,21-23,25H,11H2,1-6H3/b20-9+/t19-,21+,22+,23-,25-/m1/s1. The van der Waals surface area contributed by atoms with Crippen LogP contribution in [-0.2, 0) is 47.7 Å². The maximum atomic E-state index is 13.7. The summed E-state index contributed by atoms with van der Waals surface area (Å²) in [5.41, 5.74) is 0.551. The largest absolute Gasteiger partial charge is 0.497 e. The fourth-order valence-electron chi connectivity index (χ4n) is 4.19. The van der Waals surface area contributed by atoms with E-state index in [9.17, 15) is 24.0 Å². The molecule has 5 atom stereocenters. The molecule has 1 aromatic carbocycles. The van der Waals surface area contributed by atoms with Gasteiger partial charge < -0.3 is 33.2 Å². The predicted molar refractivity (Wildman–Crippen MR) is 147 cm³/mol. The Morgan fingerprint density at radius 3 is 2.10 bits per heavy atom. The minimum absolute atomic E-state index is 0.0367. The number of ether oxygens (including phenoxy) is 7. The molecular weight excluding hydrogens is 582 g/mol. The zero-order chi connectivity index (χ0) is 30.4. The number of esters is 4. The molecular formula is C26H29NO12S2. The molecule has 2 aliphatic rings. The third-order valence-electron chi connectivity index (χ3n) is 5.77. The van der Waals surface area contributed by atoms with Gasteiger partial charge in [0.2, 0.25) is 0 Å². The van der Waals surface area contributed by atoms with Gasteiger partial charge in [-0.05, 0) is 18.2 Å². The van der Waals surface area contributed by atoms with Crippen molar-refractivity contribution in [1.29, 1.82) is 0 Å². The topological polar surface area (TPSA) is 153 Å². The molecule has 0 radical (unpaired) electrons. The number of carbonyl (C=O) groups is 5. The van der Waals surface area contributed by atoms with E-state index < -0.39 is 67.0 Å². The highest BCUT2D eigenvalue weighted by molar-refractivity contribution is 8.26. The van der Waals surface area contributed by atoms with Crippen LogP contribution in [0.15, 0.2) is 23.1 Å². The lowest BCUT2D eigenvalue weighted by Crippen LogP contribution is -2.66. The summed E-state index contributed by atoms with van der Waals surface area (Å²) in [6.07, 6.45) is -5.43. The van der Waals surface area contributed by atoms with Gasteiger partial charge in [-0.2, -0.15) is 0 Å². The van der Waals surface area contributed by atoms with Crippen molar-refractivity contribution in [3.8, 4) is 11.5 Å². The Balaban J connectivity index is 2.07. The van der Waals surface area contributed by atoms with E-state index in [0.717, 1.165) is 44.4 Å². The SMILES string of the molecule is COc1ccc(/C=C2/SC(=S)N([C@@H]3O[C@H](COC(C)=O)[C@H](OC(C)=O)[C@H](OC(C)=O)[C@H]3OC(C)=O)C2=O)c(OC)c1. The molecule has 13 nitrogen and oxygen atoms in total. The summed E-state index contributed by atoms with van der Waals surface area (Å²) in [5.74, 6) is -2.67. The van der Waals surface area contributed by atoms with Gasteiger partial charge in [0.15, 0.2) is 28.9 Å². The minimum Gasteiger partial charge on any atom is -0.497 e. The number of hydrogen-bond donors (Lipinski definition) is 0. The second-order valence-corrected chi connectivity index (χ2v) is 10.4. The van der Waals surface area contributed by atoms with E-state index in [1.807, 2.05) is 0 Å². The van der Waals surface area contributed by atoms with Crippen molar-refractivity contribution in [1.82, 2.24) is 4.90 Å². The third-order valence-corrected chi connectivity index (χ3v) is 7.10. The highest BCUT2D eigenvalue weighted by Crippen LogP contribution is 2.40. The summed E-state index contributed by atoms with van der Waals surface area (Å²) in [6, 6.07) is 5.03. The van der Waals surface area contributed by atoms with E-state index in [1.54, 1.807) is 24.3 Å². The lowest BCUT2D eigenvalue weighted by atomic mass is 9.96. The first kappa shape index (κ1) is 31.8. The Kier molecular flexibility index (Phi) is 10.7. The van der Waals surface area contributed by atoms with Crippen molar-refractivity contribution in [2.75, 3.05) is 20.8 Å². The molecule has 2 saturated heterocycles. The van der Waals surface area contributed by atoms with E-state index in [0.29, 0.717) is 17.1 Å². The molecule has 3 rings (SSSR count). The van der Waals surface area contributed by atoms with Gasteiger partial charge in [-0.15, -0.1) is 0 Å². The molecule has 0 saturated carbocycles. The number of thioether (sulfide) groups is 1. The smallest absolute Gasteiger partial charge is 0.303 e. The molecule has 222 valence electrons. The fraction of sp³-hybridized carbons (Fsp3) is 0.462. The molecule has 1 aromatic rings. The van der Waals surface area contributed by atoms with E-state index >= 15 is 0 Å². The van der Waals surface area contributed by atoms with Crippen LogP contribution in [0.1, 0.15) is 33.3 Å². The van der Waals surface area contributed by atoms with E-state index in [2.05, 4.69) is 0 Å². The Labute approximate surface area is 245 Å². The first-order valence-corrected chi connectivity index (χ1v) is 13.4. The second-order valence-electron chi connectivity index (χ2n) is 8.75. The number of carbonyl (C=O) groups excluding carboxylic acids is 5. The summed E-state index contributed by atoms with van der Waals surface area (Å²) in [6.45, 7) is 4.04. The van der Waals surface area contributed by atoms with Crippen LogP contribution in [0.5, 0.6) is 11.5 Å². The fourth-order valence-corrected chi connectivity index (χ4v) is 5.49. The number of benzene rings is 1. The molecule has 0 aromatic heterocycles. The van der Waals surface area contributed by atoms with Crippen molar-refractivity contribution < 1.29 is 57.1 Å². The summed E-state index contributed by atoms with van der Waals surface area (Å²) in [4.78, 5) is 62.8. The molecule has 15 heteroatoms. The number of nitrogens with zero attached hydrogens (tertiary/aromatic N) is 1. The van der Waals surface area contributed by atoms with Gasteiger partial charge in [0.1, 0.15) is 24.2 Å². The van der Waals surface area contributed by atoms with Crippen LogP contribution in [0.2, 0.25) is 0 Å². The molecule has 0 aliphatic carbocycles. The van der Waals surface area contributed by atoms with Crippen molar-refractivity contribution in [3.63, 3.8) is 0 Å². The summed E-state index contributed by atoms with van der Waals surface area (Å²) >= 11 is 6.46. The molecule has 0 bridgehead atoms. The molecule has 0 N–H and O–H groups in total. The first-order valence-electron chi connectivity index (χ1n) is 12.2. The van der Waals surface area contributed by atoms with E-state index in [-0.39, 0.29) is 9.23 Å². The van der Waals surface area contributed by atoms with Crippen molar-refractivity contribution in [2.24, 2.45) is 0 Å². The number of amides is 1. The molecule has 0 spiro atoms. The Bertz CT molecular complexity index is 1260. The minimum atomic E-state index is -1.48. The molecule has 0 unspecified atom stereocenters. The van der Waals surface area contributed by atoms with Crippen LogP contribution in [0.3, 0.4) is 0 Å². The maximum Gasteiger partial charge on any atom is 0.303 e. The highest BCUT2D eigenvalue weighted by Gasteiger charge is 2.56. The highest BCUT2D eigenvalue weighted by atomic mass is 32.2. The van der Waals surface area contributed by atoms with Crippen LogP contribution in [0.4, 0.5) is 0 Å². The van der Waals surface area contributed by atoms with Gasteiger partial charge >= 0.3 is 23.9 Å². The molecule has 2 heterocycles. The monoisotopic (exact) mass is 611 g/mol. The van der Waals surface area contributed by atoms with E-state index in [4.69, 9.17) is 45.4 Å². The lowest BCUT2D eigenvalue weighted by molar-refractivity contribution is -0.268. The van der Waals surface area contributed by atoms with Crippen LogP contribution in [-0.4, -0.2) is 90.5 Å². The van der Waals surface area contributed by atoms with Gasteiger partial charge in [-0.3, -0.25) is 28.9 Å². The van der Waals surface area contributed by atoms with Crippen molar-refractivity contribution >= 4 is 64.2 Å². The average Bonchev–Trinajstić information content (AvgIpc) is 3.16. The van der Waals surface area contributed by atoms with Crippen LogP contribution in [0.25, 0.3) is 6.08 Å². The Morgan fingerprint density at radius 1 is 0.927 bits per heavy atom. The Hall–Kier alpha value is -3.69. The normalized spacial score (nSPS) is 25.0. The Morgan fingerprint density at radius 2 is 1.54 bits per heavy atom. The van der Waals surface area contributed by atoms with Crippen molar-refractivity contribution in [3.05, 3.63) is 28.7 Å². The average molecular weight is 612 g/mol. The molecule has 41 heavy (non-hydrogen) atoms. The second kappa shape index (κ2) is 13.8. The number of hydrogen-bond acceptors (Lipinski definition) is 14. The molecule has 2 aliphatic heterocycles. The molecule has 2 fully saturated rings. The summed E-state index contributed by atoms with van der Waals surface area (Å²) < 4.78 is 38.1. The first-order chi connectivity index (χ1) is 19.4. The third kappa shape index (κ3) is 7.74. The van der Waals surface area contributed by atoms with Gasteiger partial charge in [-0.25, -0.2) is 0 Å². The van der Waals surface area contributed by atoms with E-state index in [1.165, 1.54) is 14.2 Å². The zero-order valence-corrected chi connectivity index (χ0v) is 24.7.